The van der Waals surface area contributed by atoms with E-state index in [1.54, 1.807) is 18.2 Å². The molecule has 1 heterocycles. The molecule has 100 valence electrons. The zero-order valence-electron chi connectivity index (χ0n) is 9.77. The number of hydrogen-bond donors (Lipinski definition) is 0. The quantitative estimate of drug-likeness (QED) is 0.636. The third kappa shape index (κ3) is 3.72. The van der Waals surface area contributed by atoms with Crippen LogP contribution in [-0.2, 0) is 19.1 Å². The highest BCUT2D eigenvalue weighted by Crippen LogP contribution is 2.22. The summed E-state index contributed by atoms with van der Waals surface area (Å²) in [4.78, 5) is 22.6. The van der Waals surface area contributed by atoms with Crippen LogP contribution < -0.4 is 0 Å². The highest BCUT2D eigenvalue weighted by atomic mass is 35.5. The van der Waals surface area contributed by atoms with Crippen LogP contribution >= 0.6 is 23.2 Å². The van der Waals surface area contributed by atoms with Crippen molar-refractivity contribution in [2.75, 3.05) is 6.61 Å². The summed E-state index contributed by atoms with van der Waals surface area (Å²) in [5.41, 5.74) is 0.636. The number of cyclic esters (lactones) is 1. The zero-order valence-corrected chi connectivity index (χ0v) is 11.3. The minimum atomic E-state index is -0.808. The molecular weight excluding hydrogens is 291 g/mol. The molecule has 1 aliphatic heterocycles. The molecule has 1 fully saturated rings. The van der Waals surface area contributed by atoms with Gasteiger partial charge in [0.2, 0.25) is 6.10 Å². The highest BCUT2D eigenvalue weighted by Gasteiger charge is 2.29. The van der Waals surface area contributed by atoms with E-state index in [-0.39, 0.29) is 6.61 Å². The number of carbonyl (C=O) groups excluding carboxylic acids is 2. The van der Waals surface area contributed by atoms with Crippen molar-refractivity contribution in [1.29, 1.82) is 0 Å². The van der Waals surface area contributed by atoms with Gasteiger partial charge < -0.3 is 9.47 Å². The van der Waals surface area contributed by atoms with Crippen LogP contribution in [0.1, 0.15) is 12.0 Å². The van der Waals surface area contributed by atoms with Crippen LogP contribution in [0.3, 0.4) is 0 Å². The number of carbonyl (C=O) groups is 2. The summed E-state index contributed by atoms with van der Waals surface area (Å²) in [5, 5.41) is 0.940. The third-order valence-electron chi connectivity index (χ3n) is 2.51. The Morgan fingerprint density at radius 3 is 2.84 bits per heavy atom. The van der Waals surface area contributed by atoms with Gasteiger partial charge >= 0.3 is 11.9 Å². The molecule has 0 amide bonds. The number of hydrogen-bond acceptors (Lipinski definition) is 4. The summed E-state index contributed by atoms with van der Waals surface area (Å²) in [6.45, 7) is 0.281. The van der Waals surface area contributed by atoms with E-state index in [0.717, 1.165) is 0 Å². The summed E-state index contributed by atoms with van der Waals surface area (Å²) in [5.74, 6) is -1.12. The van der Waals surface area contributed by atoms with Gasteiger partial charge in [-0.15, -0.1) is 0 Å². The van der Waals surface area contributed by atoms with Gasteiger partial charge in [0.15, 0.2) is 0 Å². The molecule has 0 N–H and O–H groups in total. The lowest BCUT2D eigenvalue weighted by Gasteiger charge is -2.05. The monoisotopic (exact) mass is 300 g/mol. The predicted molar refractivity (Wildman–Crippen MR) is 71.0 cm³/mol. The van der Waals surface area contributed by atoms with Crippen LogP contribution in [0.5, 0.6) is 0 Å². The standard InChI is InChI=1S/C13H10Cl2O4/c14-9-3-1-8(10(15)7-9)2-4-12(16)19-11-5-6-18-13(11)17/h1-4,7,11H,5-6H2/b4-2+/t11-/m1/s1. The van der Waals surface area contributed by atoms with Crippen LogP contribution in [-0.4, -0.2) is 24.6 Å². The summed E-state index contributed by atoms with van der Waals surface area (Å²) >= 11 is 11.7. The second-order valence-electron chi connectivity index (χ2n) is 3.88. The van der Waals surface area contributed by atoms with Gasteiger partial charge in [-0.3, -0.25) is 0 Å². The first-order valence-electron chi connectivity index (χ1n) is 5.56. The first-order valence-corrected chi connectivity index (χ1v) is 6.32. The Kier molecular flexibility index (Phi) is 4.45. The fraction of sp³-hybridized carbons (Fsp3) is 0.231. The fourth-order valence-electron chi connectivity index (χ4n) is 1.56. The van der Waals surface area contributed by atoms with Crippen molar-refractivity contribution in [1.82, 2.24) is 0 Å². The lowest BCUT2D eigenvalue weighted by Crippen LogP contribution is -2.21. The Morgan fingerprint density at radius 2 is 2.21 bits per heavy atom. The zero-order chi connectivity index (χ0) is 13.8. The van der Waals surface area contributed by atoms with Crippen LogP contribution in [0.25, 0.3) is 6.08 Å². The Morgan fingerprint density at radius 1 is 1.42 bits per heavy atom. The summed E-state index contributed by atoms with van der Waals surface area (Å²) < 4.78 is 9.62. The van der Waals surface area contributed by atoms with Gasteiger partial charge in [-0.1, -0.05) is 29.3 Å². The Labute approximate surface area is 119 Å². The van der Waals surface area contributed by atoms with Gasteiger partial charge in [-0.2, -0.15) is 0 Å². The Balaban J connectivity index is 1.98. The molecule has 6 heteroatoms. The summed E-state index contributed by atoms with van der Waals surface area (Å²) in [6.07, 6.45) is 2.29. The van der Waals surface area contributed by atoms with Crippen molar-refractivity contribution in [2.24, 2.45) is 0 Å². The van der Waals surface area contributed by atoms with E-state index in [1.165, 1.54) is 12.2 Å². The third-order valence-corrected chi connectivity index (χ3v) is 3.07. The molecule has 1 saturated heterocycles. The summed E-state index contributed by atoms with van der Waals surface area (Å²) in [7, 11) is 0. The van der Waals surface area contributed by atoms with Crippen molar-refractivity contribution in [3.05, 3.63) is 39.9 Å². The van der Waals surface area contributed by atoms with Crippen molar-refractivity contribution in [3.63, 3.8) is 0 Å². The van der Waals surface area contributed by atoms with Gasteiger partial charge in [0.25, 0.3) is 0 Å². The van der Waals surface area contributed by atoms with Gasteiger partial charge in [0.1, 0.15) is 0 Å². The second-order valence-corrected chi connectivity index (χ2v) is 4.72. The maximum absolute atomic E-state index is 11.5. The lowest BCUT2D eigenvalue weighted by atomic mass is 10.2. The average Bonchev–Trinajstić information content (AvgIpc) is 2.74. The van der Waals surface area contributed by atoms with E-state index in [1.807, 2.05) is 0 Å². The number of esters is 2. The van der Waals surface area contributed by atoms with Gasteiger partial charge in [0.05, 0.1) is 6.61 Å². The maximum Gasteiger partial charge on any atom is 0.347 e. The first-order chi connectivity index (χ1) is 9.06. The molecule has 1 aromatic rings. The predicted octanol–water partition coefficient (Wildman–Crippen LogP) is 2.87. The molecule has 1 atom stereocenters. The van der Waals surface area contributed by atoms with Gasteiger partial charge in [0, 0.05) is 22.5 Å². The van der Waals surface area contributed by atoms with Crippen LogP contribution in [0, 0.1) is 0 Å². The molecule has 1 aromatic carbocycles. The molecule has 0 aliphatic carbocycles. The molecule has 19 heavy (non-hydrogen) atoms. The van der Waals surface area contributed by atoms with Crippen molar-refractivity contribution in [3.8, 4) is 0 Å². The number of benzene rings is 1. The second kappa shape index (κ2) is 6.08. The molecule has 0 bridgehead atoms. The molecule has 0 radical (unpaired) electrons. The number of ether oxygens (including phenoxy) is 2. The van der Waals surface area contributed by atoms with E-state index in [9.17, 15) is 9.59 Å². The Bertz CT molecular complexity index is 539. The molecule has 0 aromatic heterocycles. The van der Waals surface area contributed by atoms with Crippen LogP contribution in [0.15, 0.2) is 24.3 Å². The SMILES string of the molecule is O=C(/C=C/c1ccc(Cl)cc1Cl)O[C@@H]1CCOC1=O. The molecule has 0 unspecified atom stereocenters. The van der Waals surface area contributed by atoms with Gasteiger partial charge in [-0.05, 0) is 23.8 Å². The van der Waals surface area contributed by atoms with Crippen LogP contribution in [0.4, 0.5) is 0 Å². The highest BCUT2D eigenvalue weighted by molar-refractivity contribution is 6.35. The number of rotatable bonds is 3. The molecule has 1 aliphatic rings. The minimum Gasteiger partial charge on any atom is -0.463 e. The lowest BCUT2D eigenvalue weighted by molar-refractivity contribution is -0.156. The van der Waals surface area contributed by atoms with Crippen LogP contribution in [0.2, 0.25) is 10.0 Å². The molecular formula is C13H10Cl2O4. The number of halogens is 2. The normalized spacial score (nSPS) is 18.6. The first kappa shape index (κ1) is 13.9. The molecule has 2 rings (SSSR count). The van der Waals surface area contributed by atoms with E-state index >= 15 is 0 Å². The largest absolute Gasteiger partial charge is 0.463 e. The van der Waals surface area contributed by atoms with E-state index in [2.05, 4.69) is 4.74 Å². The van der Waals surface area contributed by atoms with E-state index in [4.69, 9.17) is 27.9 Å². The van der Waals surface area contributed by atoms with E-state index in [0.29, 0.717) is 22.0 Å². The fourth-order valence-corrected chi connectivity index (χ4v) is 2.03. The van der Waals surface area contributed by atoms with E-state index < -0.39 is 18.0 Å². The van der Waals surface area contributed by atoms with Crippen molar-refractivity contribution in [2.45, 2.75) is 12.5 Å². The van der Waals surface area contributed by atoms with Gasteiger partial charge in [-0.25, -0.2) is 9.59 Å². The topological polar surface area (TPSA) is 52.6 Å². The van der Waals surface area contributed by atoms with Crippen molar-refractivity contribution >= 4 is 41.2 Å². The summed E-state index contributed by atoms with van der Waals surface area (Å²) in [6, 6.07) is 4.91. The Hall–Kier alpha value is -1.52. The molecule has 4 nitrogen and oxygen atoms in total. The maximum atomic E-state index is 11.5. The molecule has 0 spiro atoms. The smallest absolute Gasteiger partial charge is 0.347 e. The van der Waals surface area contributed by atoms with Crippen molar-refractivity contribution < 1.29 is 19.1 Å². The minimum absolute atomic E-state index is 0.281. The molecule has 0 saturated carbocycles. The average molecular weight is 301 g/mol.